The van der Waals surface area contributed by atoms with Gasteiger partial charge in [0.15, 0.2) is 9.84 Å². The summed E-state index contributed by atoms with van der Waals surface area (Å²) in [5, 5.41) is 2.58. The van der Waals surface area contributed by atoms with Crippen LogP contribution >= 0.6 is 0 Å². The zero-order chi connectivity index (χ0) is 30.1. The molecule has 0 spiro atoms. The zero-order valence-electron chi connectivity index (χ0n) is 20.4. The van der Waals surface area contributed by atoms with Gasteiger partial charge in [0.1, 0.15) is 10.6 Å². The lowest BCUT2D eigenvalue weighted by Gasteiger charge is -2.47. The third-order valence-corrected chi connectivity index (χ3v) is 9.13. The first kappa shape index (κ1) is 30.9. The Hall–Kier alpha value is -3.62. The highest BCUT2D eigenvalue weighted by Crippen LogP contribution is 2.55. The molecule has 2 aromatic carbocycles. The van der Waals surface area contributed by atoms with Crippen molar-refractivity contribution in [2.24, 2.45) is 11.5 Å². The molecule has 0 heterocycles. The summed E-state index contributed by atoms with van der Waals surface area (Å²) in [7, 11) is -4.46. The third kappa shape index (κ3) is 5.38. The van der Waals surface area contributed by atoms with E-state index in [9.17, 15) is 48.3 Å². The van der Waals surface area contributed by atoms with Gasteiger partial charge < -0.3 is 16.8 Å². The third-order valence-electron chi connectivity index (χ3n) is 6.63. The number of sulfone groups is 1. The molecule has 1 aliphatic carbocycles. The van der Waals surface area contributed by atoms with Crippen LogP contribution in [0.1, 0.15) is 30.4 Å². The first-order valence-electron chi connectivity index (χ1n) is 11.4. The maximum Gasteiger partial charge on any atom is 0.435 e. The van der Waals surface area contributed by atoms with Gasteiger partial charge in [0, 0.05) is 11.6 Å². The van der Waals surface area contributed by atoms with E-state index in [1.165, 1.54) is 6.08 Å². The standard InChI is InChI=1S/C25H23F8N3O3S/c26-18-5-7-20(8-6-18)40(38,39)22(12-19(13-22)36-21(37)11-15(14-35)9-10-34)16-1-3-17(4-2-16)23(27,24(28,29)30)25(31,32)33/h1-10,14,19H,11-13,34-35H2,(H,36,37)/b10-9-,15-14+. The molecular weight excluding hydrogens is 574 g/mol. The van der Waals surface area contributed by atoms with Crippen LogP contribution in [-0.2, 0) is 25.0 Å². The van der Waals surface area contributed by atoms with E-state index in [0.29, 0.717) is 17.7 Å². The first-order valence-corrected chi connectivity index (χ1v) is 12.9. The largest absolute Gasteiger partial charge is 0.435 e. The number of nitrogens with two attached hydrogens (primary N) is 2. The minimum absolute atomic E-state index is 0.222. The fourth-order valence-corrected chi connectivity index (χ4v) is 6.77. The second-order valence-electron chi connectivity index (χ2n) is 9.13. The highest BCUT2D eigenvalue weighted by molar-refractivity contribution is 7.92. The average Bonchev–Trinajstić information content (AvgIpc) is 2.84. The number of amides is 1. The zero-order valence-corrected chi connectivity index (χ0v) is 21.2. The predicted molar refractivity (Wildman–Crippen MR) is 128 cm³/mol. The molecule has 40 heavy (non-hydrogen) atoms. The number of allylic oxidation sites excluding steroid dienone is 1. The summed E-state index contributed by atoms with van der Waals surface area (Å²) >= 11 is 0. The van der Waals surface area contributed by atoms with Crippen LogP contribution in [0.25, 0.3) is 0 Å². The molecule has 3 rings (SSSR count). The fourth-order valence-electron chi connectivity index (χ4n) is 4.54. The minimum Gasteiger partial charge on any atom is -0.405 e. The summed E-state index contributed by atoms with van der Waals surface area (Å²) in [5.74, 6) is -1.33. The number of rotatable bonds is 8. The van der Waals surface area contributed by atoms with Gasteiger partial charge in [0.25, 0.3) is 0 Å². The van der Waals surface area contributed by atoms with Crippen molar-refractivity contribution in [2.45, 2.75) is 53.0 Å². The fraction of sp³-hybridized carbons (Fsp3) is 0.320. The lowest BCUT2D eigenvalue weighted by molar-refractivity contribution is -0.348. The summed E-state index contributed by atoms with van der Waals surface area (Å²) in [6.45, 7) is 0. The van der Waals surface area contributed by atoms with E-state index in [-0.39, 0.29) is 41.9 Å². The van der Waals surface area contributed by atoms with Crippen LogP contribution < -0.4 is 16.8 Å². The average molecular weight is 598 g/mol. The number of hydrogen-bond acceptors (Lipinski definition) is 5. The molecule has 0 saturated heterocycles. The Morgan fingerprint density at radius 3 is 1.90 bits per heavy atom. The molecule has 0 aliphatic heterocycles. The Morgan fingerprint density at radius 2 is 1.45 bits per heavy atom. The number of alkyl halides is 7. The van der Waals surface area contributed by atoms with Crippen LogP contribution in [0, 0.1) is 5.82 Å². The smallest absolute Gasteiger partial charge is 0.405 e. The normalized spacial score (nSPS) is 20.8. The molecule has 218 valence electrons. The predicted octanol–water partition coefficient (Wildman–Crippen LogP) is 4.77. The van der Waals surface area contributed by atoms with Crippen LogP contribution in [0.3, 0.4) is 0 Å². The van der Waals surface area contributed by atoms with E-state index in [2.05, 4.69) is 5.32 Å². The molecule has 0 bridgehead atoms. The quantitative estimate of drug-likeness (QED) is 0.231. The van der Waals surface area contributed by atoms with Crippen LogP contribution in [0.5, 0.6) is 0 Å². The number of carbonyl (C=O) groups is 1. The van der Waals surface area contributed by atoms with Crippen molar-refractivity contribution in [3.63, 3.8) is 0 Å². The van der Waals surface area contributed by atoms with Crippen LogP contribution in [0.15, 0.2) is 77.5 Å². The van der Waals surface area contributed by atoms with E-state index < -0.39 is 55.9 Å². The first-order chi connectivity index (χ1) is 18.4. The van der Waals surface area contributed by atoms with Gasteiger partial charge in [-0.15, -0.1) is 0 Å². The Kier molecular flexibility index (Phi) is 8.31. The number of hydrogen-bond donors (Lipinski definition) is 3. The van der Waals surface area contributed by atoms with E-state index in [4.69, 9.17) is 11.5 Å². The van der Waals surface area contributed by atoms with E-state index in [1.807, 2.05) is 0 Å². The van der Waals surface area contributed by atoms with Crippen molar-refractivity contribution >= 4 is 15.7 Å². The molecule has 1 aliphatic rings. The number of nitrogens with one attached hydrogen (secondary N) is 1. The van der Waals surface area contributed by atoms with Crippen molar-refractivity contribution in [1.82, 2.24) is 5.32 Å². The monoisotopic (exact) mass is 597 g/mol. The molecule has 0 radical (unpaired) electrons. The Labute approximate surface area is 223 Å². The summed E-state index contributed by atoms with van der Waals surface area (Å²) in [5.41, 5.74) is 3.28. The summed E-state index contributed by atoms with van der Waals surface area (Å²) < 4.78 is 133. The van der Waals surface area contributed by atoms with Gasteiger partial charge in [0.05, 0.1) is 11.3 Å². The number of benzene rings is 2. The van der Waals surface area contributed by atoms with Gasteiger partial charge in [-0.25, -0.2) is 17.2 Å². The topological polar surface area (TPSA) is 115 Å². The second-order valence-corrected chi connectivity index (χ2v) is 11.4. The lowest BCUT2D eigenvalue weighted by atomic mass is 9.74. The Bertz CT molecular complexity index is 1380. The highest BCUT2D eigenvalue weighted by atomic mass is 32.2. The maximum absolute atomic E-state index is 14.5. The molecule has 2 aromatic rings. The van der Waals surface area contributed by atoms with Crippen LogP contribution in [-0.4, -0.2) is 32.7 Å². The summed E-state index contributed by atoms with van der Waals surface area (Å²) in [6, 6.07) is 4.61. The van der Waals surface area contributed by atoms with Crippen molar-refractivity contribution in [2.75, 3.05) is 0 Å². The minimum atomic E-state index is -6.35. The van der Waals surface area contributed by atoms with Gasteiger partial charge in [-0.05, 0) is 66.7 Å². The lowest BCUT2D eigenvalue weighted by Crippen LogP contribution is -2.57. The maximum atomic E-state index is 14.5. The molecule has 0 atom stereocenters. The molecule has 6 nitrogen and oxygen atoms in total. The van der Waals surface area contributed by atoms with Crippen molar-refractivity contribution in [3.05, 3.63) is 89.5 Å². The van der Waals surface area contributed by atoms with Crippen molar-refractivity contribution < 1.29 is 48.3 Å². The number of halogens is 8. The van der Waals surface area contributed by atoms with E-state index in [0.717, 1.165) is 36.7 Å². The van der Waals surface area contributed by atoms with Gasteiger partial charge in [-0.1, -0.05) is 24.3 Å². The summed E-state index contributed by atoms with van der Waals surface area (Å²) in [4.78, 5) is 12.0. The molecule has 0 aromatic heterocycles. The van der Waals surface area contributed by atoms with E-state index >= 15 is 0 Å². The summed E-state index contributed by atoms with van der Waals surface area (Å²) in [6.07, 6.45) is -9.99. The van der Waals surface area contributed by atoms with Crippen LogP contribution in [0.4, 0.5) is 35.1 Å². The molecule has 1 amide bonds. The van der Waals surface area contributed by atoms with E-state index in [1.54, 1.807) is 0 Å². The number of carbonyl (C=O) groups excluding carboxylic acids is 1. The van der Waals surface area contributed by atoms with Crippen molar-refractivity contribution in [1.29, 1.82) is 0 Å². The molecular formula is C25H23F8N3O3S. The molecule has 15 heteroatoms. The highest BCUT2D eigenvalue weighted by Gasteiger charge is 2.73. The second kappa shape index (κ2) is 10.7. The van der Waals surface area contributed by atoms with Gasteiger partial charge in [0.2, 0.25) is 5.91 Å². The SMILES string of the molecule is N/C=C\C(=C/N)CC(=O)NC1CC(c2ccc(C(F)(C(F)(F)F)C(F)(F)F)cc2)(S(=O)(=O)c2ccc(F)cc2)C1. The molecule has 0 unspecified atom stereocenters. The Balaban J connectivity index is 2.01. The van der Waals surface area contributed by atoms with Crippen molar-refractivity contribution in [3.8, 4) is 0 Å². The van der Waals surface area contributed by atoms with Gasteiger partial charge in [-0.2, -0.15) is 26.3 Å². The Morgan fingerprint density at radius 1 is 0.925 bits per heavy atom. The van der Waals surface area contributed by atoms with Gasteiger partial charge >= 0.3 is 18.0 Å². The van der Waals surface area contributed by atoms with Crippen LogP contribution in [0.2, 0.25) is 0 Å². The molecule has 1 saturated carbocycles. The van der Waals surface area contributed by atoms with Gasteiger partial charge in [-0.3, -0.25) is 4.79 Å². The molecule has 5 N–H and O–H groups in total. The molecule has 1 fully saturated rings.